The molecule has 58 heavy (non-hydrogen) atoms. The van der Waals surface area contributed by atoms with Gasteiger partial charge in [-0.05, 0) is 73.9 Å². The van der Waals surface area contributed by atoms with Crippen molar-refractivity contribution in [2.75, 3.05) is 0 Å². The molecule has 0 saturated carbocycles. The van der Waals surface area contributed by atoms with Crippen LogP contribution in [0.4, 0.5) is 0 Å². The van der Waals surface area contributed by atoms with Gasteiger partial charge in [-0.15, -0.1) is 0 Å². The minimum Gasteiger partial charge on any atom is -0.493 e. The van der Waals surface area contributed by atoms with Crippen molar-refractivity contribution < 1.29 is 4.70 Å². The fourth-order valence-corrected chi connectivity index (χ4v) is 8.44. The van der Waals surface area contributed by atoms with Gasteiger partial charge in [-0.25, -0.2) is 4.70 Å². The van der Waals surface area contributed by atoms with Gasteiger partial charge in [0, 0.05) is 17.5 Å². The number of nitrogens with zero attached hydrogens (tertiary/aromatic N) is 2. The second-order valence-corrected chi connectivity index (χ2v) is 17.4. The van der Waals surface area contributed by atoms with E-state index in [2.05, 4.69) is 100 Å². The summed E-state index contributed by atoms with van der Waals surface area (Å²) >= 11 is 0. The number of unbranched alkanes of at least 4 members (excludes halogenated alkanes) is 26. The van der Waals surface area contributed by atoms with Gasteiger partial charge in [0.2, 0.25) is 11.4 Å². The fourth-order valence-electron chi connectivity index (χ4n) is 8.44. The highest BCUT2D eigenvalue weighted by atomic mass is 15.2. The Morgan fingerprint density at radius 2 is 0.948 bits per heavy atom. The summed E-state index contributed by atoms with van der Waals surface area (Å²) in [6.07, 6.45) is 46.9. The van der Waals surface area contributed by atoms with Crippen molar-refractivity contribution in [3.8, 4) is 11.8 Å². The molecule has 0 N–H and O–H groups in total. The van der Waals surface area contributed by atoms with Crippen molar-refractivity contribution in [2.45, 2.75) is 233 Å². The van der Waals surface area contributed by atoms with Crippen molar-refractivity contribution in [1.29, 1.82) is 0 Å². The number of rotatable bonds is 34. The molecule has 3 rings (SSSR count). The molecule has 1 heterocycles. The van der Waals surface area contributed by atoms with E-state index in [1.54, 1.807) is 0 Å². The quantitative estimate of drug-likeness (QED) is 0.0384. The lowest BCUT2D eigenvalue weighted by Gasteiger charge is -2.10. The van der Waals surface area contributed by atoms with E-state index in [-0.39, 0.29) is 0 Å². The lowest BCUT2D eigenvalue weighted by Crippen LogP contribution is -2.03. The molecule has 0 amide bonds. The first-order valence-corrected chi connectivity index (χ1v) is 25.0. The van der Waals surface area contributed by atoms with E-state index >= 15 is 0 Å². The molecule has 320 valence electrons. The van der Waals surface area contributed by atoms with Crippen LogP contribution >= 0.6 is 0 Å². The van der Waals surface area contributed by atoms with Gasteiger partial charge >= 0.3 is 0 Å². The molecule has 0 bridgehead atoms. The first-order chi connectivity index (χ1) is 28.6. The molecule has 0 aliphatic carbocycles. The van der Waals surface area contributed by atoms with Gasteiger partial charge in [0.05, 0.1) is 5.57 Å². The molecular formula is C56H86N2. The van der Waals surface area contributed by atoms with Crippen LogP contribution in [0.3, 0.4) is 0 Å². The highest BCUT2D eigenvalue weighted by Crippen LogP contribution is 2.41. The van der Waals surface area contributed by atoms with E-state index in [4.69, 9.17) is 0 Å². The summed E-state index contributed by atoms with van der Waals surface area (Å²) in [6.45, 7) is 8.95. The summed E-state index contributed by atoms with van der Waals surface area (Å²) in [5, 5.41) is 0. The SMILES string of the molecule is CCC=CC1=C(c2ccc(CCCC)cc2)[N+](=[N-])C(c2cccc(CCCC)c2)=C1C#CCCCCCCCCCCCCCCCCCCCCCCCCCC. The van der Waals surface area contributed by atoms with Gasteiger partial charge in [0.25, 0.3) is 0 Å². The van der Waals surface area contributed by atoms with E-state index in [1.807, 2.05) is 0 Å². The minimum atomic E-state index is 0.811. The van der Waals surface area contributed by atoms with Crippen LogP contribution in [0, 0.1) is 11.8 Å². The number of benzene rings is 2. The lowest BCUT2D eigenvalue weighted by molar-refractivity contribution is -0.344. The van der Waals surface area contributed by atoms with Gasteiger partial charge in [0.15, 0.2) is 0 Å². The van der Waals surface area contributed by atoms with Crippen LogP contribution in [0.25, 0.3) is 16.9 Å². The molecule has 2 heteroatoms. The highest BCUT2D eigenvalue weighted by molar-refractivity contribution is 5.87. The zero-order valence-corrected chi connectivity index (χ0v) is 38.3. The predicted octanol–water partition coefficient (Wildman–Crippen LogP) is 18.3. The summed E-state index contributed by atoms with van der Waals surface area (Å²) in [5.74, 6) is 7.17. The van der Waals surface area contributed by atoms with E-state index in [1.165, 1.54) is 183 Å². The van der Waals surface area contributed by atoms with Gasteiger partial charge < -0.3 is 5.53 Å². The first-order valence-electron chi connectivity index (χ1n) is 25.0. The second-order valence-electron chi connectivity index (χ2n) is 17.4. The van der Waals surface area contributed by atoms with Crippen molar-refractivity contribution in [3.63, 3.8) is 0 Å². The van der Waals surface area contributed by atoms with E-state index in [9.17, 15) is 5.53 Å². The smallest absolute Gasteiger partial charge is 0.223 e. The minimum absolute atomic E-state index is 0.811. The van der Waals surface area contributed by atoms with E-state index < -0.39 is 0 Å². The summed E-state index contributed by atoms with van der Waals surface area (Å²) in [6, 6.07) is 17.5. The number of hydrogen-bond acceptors (Lipinski definition) is 0. The van der Waals surface area contributed by atoms with Gasteiger partial charge in [-0.3, -0.25) is 0 Å². The summed E-state index contributed by atoms with van der Waals surface area (Å²) < 4.78 is 1.43. The molecule has 0 unspecified atom stereocenters. The maximum atomic E-state index is 12.0. The molecule has 0 aromatic heterocycles. The summed E-state index contributed by atoms with van der Waals surface area (Å²) in [4.78, 5) is 0. The first kappa shape index (κ1) is 49.2. The van der Waals surface area contributed by atoms with Crippen LogP contribution in [0.5, 0.6) is 0 Å². The van der Waals surface area contributed by atoms with E-state index in [0.29, 0.717) is 0 Å². The van der Waals surface area contributed by atoms with Crippen molar-refractivity contribution in [1.82, 2.24) is 0 Å². The molecule has 0 spiro atoms. The summed E-state index contributed by atoms with van der Waals surface area (Å²) in [5.41, 5.74) is 20.3. The Balaban J connectivity index is 1.39. The van der Waals surface area contributed by atoms with Gasteiger partial charge in [-0.2, -0.15) is 0 Å². The third-order valence-corrected chi connectivity index (χ3v) is 12.1. The van der Waals surface area contributed by atoms with Crippen LogP contribution in [0.2, 0.25) is 0 Å². The van der Waals surface area contributed by atoms with Crippen molar-refractivity contribution in [2.24, 2.45) is 0 Å². The maximum absolute atomic E-state index is 12.0. The third kappa shape index (κ3) is 19.7. The van der Waals surface area contributed by atoms with Crippen LogP contribution in [0.15, 0.2) is 71.8 Å². The maximum Gasteiger partial charge on any atom is 0.223 e. The monoisotopic (exact) mass is 787 g/mol. The number of allylic oxidation sites excluding steroid dienone is 4. The average molecular weight is 787 g/mol. The Morgan fingerprint density at radius 3 is 1.43 bits per heavy atom. The Kier molecular flexibility index (Phi) is 27.7. The Morgan fingerprint density at radius 1 is 0.483 bits per heavy atom. The molecule has 2 aromatic rings. The number of aryl methyl sites for hydroxylation is 2. The fraction of sp³-hybridized carbons (Fsp3) is 0.643. The van der Waals surface area contributed by atoms with E-state index in [0.717, 1.165) is 72.2 Å². The number of hydrogen-bond donors (Lipinski definition) is 0. The van der Waals surface area contributed by atoms with Crippen LogP contribution in [-0.4, -0.2) is 4.70 Å². The normalized spacial score (nSPS) is 13.0. The third-order valence-electron chi connectivity index (χ3n) is 12.1. The van der Waals surface area contributed by atoms with Gasteiger partial charge in [0.1, 0.15) is 5.57 Å². The molecule has 1 aliphatic rings. The molecule has 0 radical (unpaired) electrons. The molecule has 2 aromatic carbocycles. The largest absolute Gasteiger partial charge is 0.493 e. The van der Waals surface area contributed by atoms with Crippen LogP contribution < -0.4 is 0 Å². The average Bonchev–Trinajstić information content (AvgIpc) is 3.52. The van der Waals surface area contributed by atoms with Crippen molar-refractivity contribution >= 4 is 11.4 Å². The standard InChI is InChI=1S/C56H86N2/c1-5-9-13-14-15-16-17-18-19-20-21-22-23-24-25-26-27-28-29-30-31-32-33-34-35-36-43-54-53(42-12-8-4)55(51-46-44-49(45-47-51)38-10-6-2)58(57)56(54)52-41-37-40-50(48-52)39-11-7-3/h12,37,40-42,44-48H,5-11,13-35,38-39H2,1-4H3. The lowest BCUT2D eigenvalue weighted by atomic mass is 9.97. The molecule has 2 nitrogen and oxygen atoms in total. The van der Waals surface area contributed by atoms with Crippen LogP contribution in [0.1, 0.15) is 243 Å². The topological polar surface area (TPSA) is 25.3 Å². The Labute approximate surface area is 359 Å². The zero-order chi connectivity index (χ0) is 41.3. The molecule has 0 atom stereocenters. The second kappa shape index (κ2) is 32.6. The zero-order valence-electron chi connectivity index (χ0n) is 38.3. The highest BCUT2D eigenvalue weighted by Gasteiger charge is 2.34. The molecule has 1 aliphatic heterocycles. The Bertz CT molecular complexity index is 1540. The van der Waals surface area contributed by atoms with Crippen molar-refractivity contribution in [3.05, 3.63) is 99.6 Å². The molecular weight excluding hydrogens is 701 g/mol. The van der Waals surface area contributed by atoms with Gasteiger partial charge in [-0.1, -0.05) is 236 Å². The summed E-state index contributed by atoms with van der Waals surface area (Å²) in [7, 11) is 0. The van der Waals surface area contributed by atoms with Crippen LogP contribution in [-0.2, 0) is 12.8 Å². The Hall–Kier alpha value is -3.18. The molecule has 0 saturated heterocycles. The molecule has 0 fully saturated rings. The predicted molar refractivity (Wildman–Crippen MR) is 256 cm³/mol.